The normalized spacial score (nSPS) is 10.7. The highest BCUT2D eigenvalue weighted by atomic mass is 35.5. The number of anilines is 1. The Morgan fingerprint density at radius 3 is 2.81 bits per heavy atom. The van der Waals surface area contributed by atoms with Crippen LogP contribution in [0.25, 0.3) is 11.6 Å². The molecule has 0 bridgehead atoms. The fourth-order valence-electron chi connectivity index (χ4n) is 1.69. The van der Waals surface area contributed by atoms with Crippen molar-refractivity contribution < 1.29 is 4.52 Å². The van der Waals surface area contributed by atoms with Gasteiger partial charge in [0.2, 0.25) is 0 Å². The van der Waals surface area contributed by atoms with Crippen molar-refractivity contribution in [2.45, 2.75) is 10.6 Å². The molecule has 3 rings (SSSR count). The van der Waals surface area contributed by atoms with Gasteiger partial charge >= 0.3 is 0 Å². The molecule has 21 heavy (non-hydrogen) atoms. The van der Waals surface area contributed by atoms with Crippen molar-refractivity contribution in [1.29, 1.82) is 0 Å². The molecule has 0 amide bonds. The molecule has 0 spiro atoms. The summed E-state index contributed by atoms with van der Waals surface area (Å²) in [6, 6.07) is 12.9. The number of pyridine rings is 1. The Morgan fingerprint density at radius 1 is 1.14 bits per heavy atom. The molecule has 0 unspecified atom stereocenters. The Bertz CT molecular complexity index is 762. The summed E-state index contributed by atoms with van der Waals surface area (Å²) >= 11 is 7.53. The van der Waals surface area contributed by atoms with E-state index in [2.05, 4.69) is 15.1 Å². The van der Waals surface area contributed by atoms with Gasteiger partial charge in [0.25, 0.3) is 5.89 Å². The summed E-state index contributed by atoms with van der Waals surface area (Å²) in [7, 11) is 0. The lowest BCUT2D eigenvalue weighted by molar-refractivity contribution is 0.424. The second-order valence-electron chi connectivity index (χ2n) is 4.21. The molecule has 7 heteroatoms. The topological polar surface area (TPSA) is 77.8 Å². The molecule has 0 saturated heterocycles. The van der Waals surface area contributed by atoms with Crippen molar-refractivity contribution in [3.8, 4) is 11.6 Å². The van der Waals surface area contributed by atoms with Gasteiger partial charge in [0, 0.05) is 9.92 Å². The minimum Gasteiger partial charge on any atom is -0.384 e. The molecule has 0 aliphatic rings. The van der Waals surface area contributed by atoms with Crippen molar-refractivity contribution in [3.63, 3.8) is 0 Å². The minimum absolute atomic E-state index is 0.365. The monoisotopic (exact) mass is 318 g/mol. The van der Waals surface area contributed by atoms with Crippen LogP contribution in [0.1, 0.15) is 5.82 Å². The maximum atomic E-state index is 5.94. The minimum atomic E-state index is 0.365. The van der Waals surface area contributed by atoms with Crippen LogP contribution in [0.5, 0.6) is 0 Å². The van der Waals surface area contributed by atoms with Crippen LogP contribution in [-0.2, 0) is 5.75 Å². The van der Waals surface area contributed by atoms with E-state index in [1.54, 1.807) is 30.0 Å². The highest BCUT2D eigenvalue weighted by molar-refractivity contribution is 7.98. The van der Waals surface area contributed by atoms with Crippen LogP contribution < -0.4 is 5.73 Å². The van der Waals surface area contributed by atoms with Crippen molar-refractivity contribution in [2.75, 3.05) is 5.73 Å². The summed E-state index contributed by atoms with van der Waals surface area (Å²) in [5.41, 5.74) is 6.20. The number of hydrogen-bond acceptors (Lipinski definition) is 6. The van der Waals surface area contributed by atoms with Crippen molar-refractivity contribution in [1.82, 2.24) is 15.1 Å². The Labute approximate surface area is 130 Å². The molecular formula is C14H11ClN4OS. The molecule has 0 saturated carbocycles. The highest BCUT2D eigenvalue weighted by Crippen LogP contribution is 2.25. The molecule has 0 aliphatic heterocycles. The Morgan fingerprint density at radius 2 is 2.00 bits per heavy atom. The smallest absolute Gasteiger partial charge is 0.276 e. The zero-order valence-corrected chi connectivity index (χ0v) is 12.4. The first kappa shape index (κ1) is 13.9. The van der Waals surface area contributed by atoms with Crippen LogP contribution in [0.15, 0.2) is 51.9 Å². The van der Waals surface area contributed by atoms with Gasteiger partial charge in [-0.3, -0.25) is 0 Å². The number of halogens is 1. The number of rotatable bonds is 4. The number of nitrogens with two attached hydrogens (primary N) is 1. The van der Waals surface area contributed by atoms with Gasteiger partial charge in [0.05, 0.1) is 5.75 Å². The van der Waals surface area contributed by atoms with Crippen molar-refractivity contribution >= 4 is 29.2 Å². The van der Waals surface area contributed by atoms with E-state index in [1.165, 1.54) is 0 Å². The van der Waals surface area contributed by atoms with Gasteiger partial charge in [0.1, 0.15) is 11.5 Å². The largest absolute Gasteiger partial charge is 0.384 e. The second-order valence-corrected chi connectivity index (χ2v) is 5.69. The molecule has 2 N–H and O–H groups in total. The second kappa shape index (κ2) is 6.15. The number of nitrogen functional groups attached to an aromatic ring is 1. The molecule has 2 heterocycles. The van der Waals surface area contributed by atoms with Crippen LogP contribution in [-0.4, -0.2) is 15.1 Å². The number of benzene rings is 1. The van der Waals surface area contributed by atoms with Crippen LogP contribution in [0, 0.1) is 0 Å². The molecule has 0 radical (unpaired) electrons. The lowest BCUT2D eigenvalue weighted by atomic mass is 10.3. The molecular weight excluding hydrogens is 308 g/mol. The van der Waals surface area contributed by atoms with E-state index in [9.17, 15) is 0 Å². The van der Waals surface area contributed by atoms with Gasteiger partial charge < -0.3 is 10.3 Å². The molecule has 2 aromatic heterocycles. The average molecular weight is 319 g/mol. The predicted molar refractivity (Wildman–Crippen MR) is 83.0 cm³/mol. The molecule has 0 fully saturated rings. The van der Waals surface area contributed by atoms with Crippen LogP contribution in [0.4, 0.5) is 5.82 Å². The van der Waals surface area contributed by atoms with Crippen molar-refractivity contribution in [3.05, 3.63) is 53.3 Å². The molecule has 5 nitrogen and oxygen atoms in total. The van der Waals surface area contributed by atoms with E-state index in [-0.39, 0.29) is 0 Å². The molecule has 3 aromatic rings. The van der Waals surface area contributed by atoms with E-state index < -0.39 is 0 Å². The molecule has 1 aromatic carbocycles. The zero-order valence-electron chi connectivity index (χ0n) is 10.9. The number of thioether (sulfide) groups is 1. The van der Waals surface area contributed by atoms with E-state index in [4.69, 9.17) is 21.9 Å². The number of aromatic nitrogens is 3. The van der Waals surface area contributed by atoms with E-state index >= 15 is 0 Å². The van der Waals surface area contributed by atoms with Gasteiger partial charge in [-0.25, -0.2) is 4.98 Å². The standard InChI is InChI=1S/C14H11ClN4OS/c15-9-3-1-4-10(7-9)21-8-13-18-14(20-19-13)11-5-2-6-12(16)17-11/h1-7H,8H2,(H2,16,17). The first-order valence-electron chi connectivity index (χ1n) is 6.14. The highest BCUT2D eigenvalue weighted by Gasteiger charge is 2.10. The van der Waals surface area contributed by atoms with Crippen LogP contribution in [0.2, 0.25) is 5.02 Å². The van der Waals surface area contributed by atoms with Crippen LogP contribution >= 0.6 is 23.4 Å². The Balaban J connectivity index is 1.71. The quantitative estimate of drug-likeness (QED) is 0.740. The first-order chi connectivity index (χ1) is 10.2. The lowest BCUT2D eigenvalue weighted by Crippen LogP contribution is -1.91. The van der Waals surface area contributed by atoms with Gasteiger partial charge in [-0.05, 0) is 30.3 Å². The third-order valence-electron chi connectivity index (χ3n) is 2.62. The van der Waals surface area contributed by atoms with E-state index in [0.29, 0.717) is 34.0 Å². The molecule has 0 aliphatic carbocycles. The third-order valence-corrected chi connectivity index (χ3v) is 3.85. The maximum absolute atomic E-state index is 5.94. The Kier molecular flexibility index (Phi) is 4.08. The fourth-order valence-corrected chi connectivity index (χ4v) is 2.74. The van der Waals surface area contributed by atoms with Gasteiger partial charge in [-0.15, -0.1) is 11.8 Å². The van der Waals surface area contributed by atoms with Gasteiger partial charge in [-0.2, -0.15) is 4.98 Å². The van der Waals surface area contributed by atoms with Crippen LogP contribution in [0.3, 0.4) is 0 Å². The van der Waals surface area contributed by atoms with Crippen molar-refractivity contribution in [2.24, 2.45) is 0 Å². The summed E-state index contributed by atoms with van der Waals surface area (Å²) in [6.07, 6.45) is 0. The fraction of sp³-hybridized carbons (Fsp3) is 0.0714. The third kappa shape index (κ3) is 3.53. The van der Waals surface area contributed by atoms with E-state index in [1.807, 2.05) is 24.3 Å². The first-order valence-corrected chi connectivity index (χ1v) is 7.51. The zero-order chi connectivity index (χ0) is 14.7. The lowest BCUT2D eigenvalue weighted by Gasteiger charge is -1.98. The van der Waals surface area contributed by atoms with Gasteiger partial charge in [0.15, 0.2) is 5.82 Å². The number of hydrogen-bond donors (Lipinski definition) is 1. The number of nitrogens with zero attached hydrogens (tertiary/aromatic N) is 3. The summed E-state index contributed by atoms with van der Waals surface area (Å²) in [6.45, 7) is 0. The maximum Gasteiger partial charge on any atom is 0.276 e. The summed E-state index contributed by atoms with van der Waals surface area (Å²) in [5.74, 6) is 1.97. The molecule has 0 atom stereocenters. The van der Waals surface area contributed by atoms with Gasteiger partial charge in [-0.1, -0.05) is 28.9 Å². The summed E-state index contributed by atoms with van der Waals surface area (Å²) in [4.78, 5) is 9.51. The average Bonchev–Trinajstić information content (AvgIpc) is 2.94. The summed E-state index contributed by atoms with van der Waals surface area (Å²) < 4.78 is 5.20. The molecule has 106 valence electrons. The SMILES string of the molecule is Nc1cccc(-c2nc(CSc3cccc(Cl)c3)no2)n1. The van der Waals surface area contributed by atoms with E-state index in [0.717, 1.165) is 4.90 Å². The Hall–Kier alpha value is -2.05. The predicted octanol–water partition coefficient (Wildman–Crippen LogP) is 3.66. The summed E-state index contributed by atoms with van der Waals surface area (Å²) in [5, 5.41) is 4.65.